The number of carbonyl (C=O) groups is 2. The molecule has 0 atom stereocenters. The fourth-order valence-corrected chi connectivity index (χ4v) is 1.39. The van der Waals surface area contributed by atoms with Crippen LogP contribution in [0.4, 0.5) is 5.95 Å². The second kappa shape index (κ2) is 6.23. The lowest BCUT2D eigenvalue weighted by molar-refractivity contribution is -0.111. The smallest absolute Gasteiger partial charge is 0.337 e. The van der Waals surface area contributed by atoms with E-state index in [0.717, 1.165) is 5.56 Å². The van der Waals surface area contributed by atoms with Crippen molar-refractivity contribution in [2.45, 2.75) is 0 Å². The van der Waals surface area contributed by atoms with Crippen LogP contribution in [0.5, 0.6) is 0 Å². The Morgan fingerprint density at radius 3 is 2.65 bits per heavy atom. The van der Waals surface area contributed by atoms with Crippen LogP contribution in [0.25, 0.3) is 6.08 Å². The average Bonchev–Trinajstić information content (AvgIpc) is 2.97. The lowest BCUT2D eigenvalue weighted by Gasteiger charge is -1.99. The van der Waals surface area contributed by atoms with Gasteiger partial charge in [-0.3, -0.25) is 10.1 Å². The zero-order valence-corrected chi connectivity index (χ0v) is 10.5. The van der Waals surface area contributed by atoms with E-state index in [2.05, 4.69) is 30.7 Å². The molecule has 0 fully saturated rings. The standard InChI is InChI=1S/C12H11N5O3/c1-20-11(19)9-5-2-8(3-6-9)4-7-10(18)13-12-14-16-17-15-12/h2-7H,1H3,(H2,13,14,15,16,17,18). The number of H-pyrrole nitrogens is 1. The number of ether oxygens (including phenoxy) is 1. The van der Waals surface area contributed by atoms with Gasteiger partial charge in [-0.15, -0.1) is 5.10 Å². The Balaban J connectivity index is 1.97. The highest BCUT2D eigenvalue weighted by molar-refractivity contribution is 6.00. The van der Waals surface area contributed by atoms with Crippen LogP contribution in [0, 0.1) is 0 Å². The van der Waals surface area contributed by atoms with Gasteiger partial charge in [-0.25, -0.2) is 4.79 Å². The van der Waals surface area contributed by atoms with Crippen molar-refractivity contribution in [1.82, 2.24) is 20.6 Å². The summed E-state index contributed by atoms with van der Waals surface area (Å²) in [5.41, 5.74) is 1.21. The van der Waals surface area contributed by atoms with Crippen molar-refractivity contribution in [3.63, 3.8) is 0 Å². The predicted octanol–water partition coefficient (Wildman–Crippen LogP) is 0.638. The SMILES string of the molecule is COC(=O)c1ccc(C=CC(=O)Nc2nn[nH]n2)cc1. The fraction of sp³-hybridized carbons (Fsp3) is 0.0833. The van der Waals surface area contributed by atoms with Gasteiger partial charge in [0.05, 0.1) is 12.7 Å². The number of rotatable bonds is 4. The number of tetrazole rings is 1. The Kier molecular flexibility index (Phi) is 4.17. The van der Waals surface area contributed by atoms with Crippen molar-refractivity contribution >= 4 is 23.9 Å². The number of esters is 1. The molecule has 1 aromatic heterocycles. The highest BCUT2D eigenvalue weighted by atomic mass is 16.5. The van der Waals surface area contributed by atoms with Gasteiger partial charge in [0.2, 0.25) is 0 Å². The van der Waals surface area contributed by atoms with Gasteiger partial charge in [0.25, 0.3) is 11.9 Å². The summed E-state index contributed by atoms with van der Waals surface area (Å²) >= 11 is 0. The molecule has 1 amide bonds. The number of nitrogens with zero attached hydrogens (tertiary/aromatic N) is 3. The summed E-state index contributed by atoms with van der Waals surface area (Å²) in [6, 6.07) is 6.62. The third-order valence-electron chi connectivity index (χ3n) is 2.34. The Bertz CT molecular complexity index is 619. The zero-order chi connectivity index (χ0) is 14.4. The van der Waals surface area contributed by atoms with Gasteiger partial charge in [-0.2, -0.15) is 5.21 Å². The first-order chi connectivity index (χ1) is 9.69. The molecule has 8 nitrogen and oxygen atoms in total. The highest BCUT2D eigenvalue weighted by Crippen LogP contribution is 2.07. The molecule has 0 spiro atoms. The summed E-state index contributed by atoms with van der Waals surface area (Å²) in [4.78, 5) is 22.8. The molecule has 0 aliphatic rings. The minimum absolute atomic E-state index is 0.0979. The number of aromatic nitrogens is 4. The minimum Gasteiger partial charge on any atom is -0.465 e. The maximum atomic E-state index is 11.5. The van der Waals surface area contributed by atoms with Crippen LogP contribution in [0.3, 0.4) is 0 Å². The van der Waals surface area contributed by atoms with Gasteiger partial charge in [-0.05, 0) is 29.0 Å². The molecule has 0 aliphatic carbocycles. The van der Waals surface area contributed by atoms with Crippen LogP contribution >= 0.6 is 0 Å². The van der Waals surface area contributed by atoms with E-state index in [4.69, 9.17) is 0 Å². The van der Waals surface area contributed by atoms with E-state index >= 15 is 0 Å². The number of hydrogen-bond donors (Lipinski definition) is 2. The quantitative estimate of drug-likeness (QED) is 0.624. The third kappa shape index (κ3) is 3.48. The van der Waals surface area contributed by atoms with E-state index < -0.39 is 5.97 Å². The Morgan fingerprint density at radius 2 is 2.05 bits per heavy atom. The number of benzene rings is 1. The van der Waals surface area contributed by atoms with Crippen LogP contribution in [-0.4, -0.2) is 39.6 Å². The number of methoxy groups -OCH3 is 1. The molecule has 1 aromatic carbocycles. The van der Waals surface area contributed by atoms with Crippen molar-refractivity contribution in [1.29, 1.82) is 0 Å². The van der Waals surface area contributed by atoms with E-state index in [-0.39, 0.29) is 11.9 Å². The van der Waals surface area contributed by atoms with E-state index in [1.165, 1.54) is 13.2 Å². The largest absolute Gasteiger partial charge is 0.465 e. The molecular weight excluding hydrogens is 262 g/mol. The molecule has 0 bridgehead atoms. The van der Waals surface area contributed by atoms with E-state index in [0.29, 0.717) is 5.56 Å². The van der Waals surface area contributed by atoms with Crippen molar-refractivity contribution in [2.75, 3.05) is 12.4 Å². The second-order valence-corrected chi connectivity index (χ2v) is 3.67. The number of carbonyl (C=O) groups excluding carboxylic acids is 2. The first kappa shape index (κ1) is 13.4. The molecule has 0 radical (unpaired) electrons. The molecule has 0 saturated carbocycles. The van der Waals surface area contributed by atoms with Gasteiger partial charge in [0, 0.05) is 6.08 Å². The molecule has 0 aliphatic heterocycles. The van der Waals surface area contributed by atoms with E-state index in [1.807, 2.05) is 0 Å². The van der Waals surface area contributed by atoms with Crippen LogP contribution in [-0.2, 0) is 9.53 Å². The van der Waals surface area contributed by atoms with Gasteiger partial charge >= 0.3 is 5.97 Å². The summed E-state index contributed by atoms with van der Waals surface area (Å²) in [6.45, 7) is 0. The van der Waals surface area contributed by atoms with Gasteiger partial charge in [-0.1, -0.05) is 17.2 Å². The van der Waals surface area contributed by atoms with E-state index in [1.54, 1.807) is 30.3 Å². The molecule has 8 heteroatoms. The van der Waals surface area contributed by atoms with E-state index in [9.17, 15) is 9.59 Å². The molecule has 0 unspecified atom stereocenters. The number of amides is 1. The second-order valence-electron chi connectivity index (χ2n) is 3.67. The first-order valence-electron chi connectivity index (χ1n) is 5.60. The fourth-order valence-electron chi connectivity index (χ4n) is 1.39. The number of aromatic amines is 1. The molecule has 2 N–H and O–H groups in total. The van der Waals surface area contributed by atoms with Crippen molar-refractivity contribution in [3.8, 4) is 0 Å². The molecule has 2 aromatic rings. The third-order valence-corrected chi connectivity index (χ3v) is 2.34. The number of anilines is 1. The number of nitrogens with one attached hydrogen (secondary N) is 2. The molecular formula is C12H11N5O3. The Morgan fingerprint density at radius 1 is 1.30 bits per heavy atom. The molecule has 1 heterocycles. The monoisotopic (exact) mass is 273 g/mol. The van der Waals surface area contributed by atoms with Crippen molar-refractivity contribution < 1.29 is 14.3 Å². The lowest BCUT2D eigenvalue weighted by atomic mass is 10.1. The number of hydrogen-bond acceptors (Lipinski definition) is 6. The van der Waals surface area contributed by atoms with Crippen molar-refractivity contribution in [3.05, 3.63) is 41.5 Å². The maximum absolute atomic E-state index is 11.5. The van der Waals surface area contributed by atoms with Gasteiger partial charge in [0.15, 0.2) is 0 Å². The molecule has 102 valence electrons. The minimum atomic E-state index is -0.407. The van der Waals surface area contributed by atoms with Crippen molar-refractivity contribution in [2.24, 2.45) is 0 Å². The summed E-state index contributed by atoms with van der Waals surface area (Å²) in [5.74, 6) is -0.695. The van der Waals surface area contributed by atoms with Crippen LogP contribution < -0.4 is 5.32 Å². The maximum Gasteiger partial charge on any atom is 0.337 e. The summed E-state index contributed by atoms with van der Waals surface area (Å²) in [5, 5.41) is 15.1. The molecule has 2 rings (SSSR count). The summed E-state index contributed by atoms with van der Waals surface area (Å²) in [7, 11) is 1.32. The Hall–Kier alpha value is -3.03. The normalized spacial score (nSPS) is 10.4. The first-order valence-corrected chi connectivity index (χ1v) is 5.60. The van der Waals surface area contributed by atoms with Gasteiger partial charge < -0.3 is 4.74 Å². The average molecular weight is 273 g/mol. The topological polar surface area (TPSA) is 110 Å². The molecule has 20 heavy (non-hydrogen) atoms. The Labute approximate surface area is 113 Å². The molecule has 0 saturated heterocycles. The van der Waals surface area contributed by atoms with Crippen LogP contribution in [0.2, 0.25) is 0 Å². The van der Waals surface area contributed by atoms with Crippen LogP contribution in [0.15, 0.2) is 30.3 Å². The summed E-state index contributed by atoms with van der Waals surface area (Å²) < 4.78 is 4.59. The highest BCUT2D eigenvalue weighted by Gasteiger charge is 2.04. The summed E-state index contributed by atoms with van der Waals surface area (Å²) in [6.07, 6.45) is 2.92. The lowest BCUT2D eigenvalue weighted by Crippen LogP contribution is -2.09. The zero-order valence-electron chi connectivity index (χ0n) is 10.5. The van der Waals surface area contributed by atoms with Gasteiger partial charge in [0.1, 0.15) is 0 Å². The van der Waals surface area contributed by atoms with Crippen LogP contribution in [0.1, 0.15) is 15.9 Å². The predicted molar refractivity (Wildman–Crippen MR) is 69.6 cm³/mol.